The third-order valence-electron chi connectivity index (χ3n) is 8.68. The third-order valence-corrected chi connectivity index (χ3v) is 9.89. The van der Waals surface area contributed by atoms with Crippen molar-refractivity contribution in [3.8, 4) is 22.3 Å². The van der Waals surface area contributed by atoms with Gasteiger partial charge >= 0.3 is 0 Å². The van der Waals surface area contributed by atoms with E-state index in [1.54, 1.807) is 0 Å². The maximum atomic E-state index is 6.69. The Kier molecular flexibility index (Phi) is 6.03. The van der Waals surface area contributed by atoms with Crippen LogP contribution in [0, 0.1) is 0 Å². The minimum Gasteiger partial charge on any atom is -0.455 e. The first kappa shape index (κ1) is 25.8. The number of rotatable bonds is 5. The van der Waals surface area contributed by atoms with Crippen LogP contribution in [0.3, 0.4) is 0 Å². The average Bonchev–Trinajstić information content (AvgIpc) is 3.69. The molecule has 7 aromatic carbocycles. The second-order valence-electron chi connectivity index (χ2n) is 11.3. The van der Waals surface area contributed by atoms with Crippen molar-refractivity contribution in [3.05, 3.63) is 164 Å². The molecule has 0 bridgehead atoms. The molecule has 0 aliphatic carbocycles. The van der Waals surface area contributed by atoms with E-state index in [0.717, 1.165) is 50.1 Å². The predicted octanol–water partition coefficient (Wildman–Crippen LogP) is 12.8. The molecule has 0 fully saturated rings. The van der Waals surface area contributed by atoms with Gasteiger partial charge in [0, 0.05) is 32.1 Å². The van der Waals surface area contributed by atoms with Gasteiger partial charge in [0.2, 0.25) is 0 Å². The van der Waals surface area contributed by atoms with Crippen molar-refractivity contribution in [2.24, 2.45) is 0 Å². The summed E-state index contributed by atoms with van der Waals surface area (Å²) in [5.74, 6) is 0. The number of benzene rings is 7. The second-order valence-corrected chi connectivity index (χ2v) is 12.4. The summed E-state index contributed by atoms with van der Waals surface area (Å²) in [5, 5.41) is 4.78. The number of thiophene rings is 1. The zero-order chi connectivity index (χ0) is 29.7. The molecule has 0 radical (unpaired) electrons. The molecule has 0 aliphatic rings. The van der Waals surface area contributed by atoms with Crippen LogP contribution in [0.25, 0.3) is 64.4 Å². The molecule has 0 amide bonds. The van der Waals surface area contributed by atoms with Gasteiger partial charge < -0.3 is 9.32 Å². The molecule has 2 nitrogen and oxygen atoms in total. The molecule has 0 N–H and O–H groups in total. The summed E-state index contributed by atoms with van der Waals surface area (Å²) in [6, 6.07) is 58.3. The van der Waals surface area contributed by atoms with Gasteiger partial charge in [0.15, 0.2) is 0 Å². The monoisotopic (exact) mass is 593 g/mol. The van der Waals surface area contributed by atoms with Gasteiger partial charge in [-0.15, -0.1) is 11.3 Å². The largest absolute Gasteiger partial charge is 0.455 e. The minimum atomic E-state index is 0.875. The van der Waals surface area contributed by atoms with Crippen molar-refractivity contribution in [2.45, 2.75) is 0 Å². The average molecular weight is 594 g/mol. The highest BCUT2D eigenvalue weighted by Gasteiger charge is 2.23. The number of furan rings is 1. The standard InChI is InChI=1S/C42H27NOS/c1-3-12-28(13-4-1)29-24-26-31(27-25-29)43(37-21-10-18-34-33-16-7-8-23-39(33)45-42(34)37)36-20-11-22-38-40(36)35-19-9-17-32(41(35)44-38)30-14-5-2-6-15-30/h1-27H. The topological polar surface area (TPSA) is 16.4 Å². The number of hydrogen-bond acceptors (Lipinski definition) is 3. The van der Waals surface area contributed by atoms with Gasteiger partial charge in [0.1, 0.15) is 11.2 Å². The molecule has 45 heavy (non-hydrogen) atoms. The molecule has 2 heterocycles. The summed E-state index contributed by atoms with van der Waals surface area (Å²) in [7, 11) is 0. The van der Waals surface area contributed by atoms with E-state index in [9.17, 15) is 0 Å². The second kappa shape index (κ2) is 10.5. The van der Waals surface area contributed by atoms with E-state index in [4.69, 9.17) is 4.42 Å². The molecule has 0 atom stereocenters. The number of para-hydroxylation sites is 1. The van der Waals surface area contributed by atoms with Gasteiger partial charge in [0.25, 0.3) is 0 Å². The maximum Gasteiger partial charge on any atom is 0.143 e. The van der Waals surface area contributed by atoms with Crippen LogP contribution in [0.15, 0.2) is 168 Å². The molecule has 2 aromatic heterocycles. The van der Waals surface area contributed by atoms with E-state index in [-0.39, 0.29) is 0 Å². The van der Waals surface area contributed by atoms with Gasteiger partial charge in [-0.25, -0.2) is 0 Å². The Morgan fingerprint density at radius 1 is 0.444 bits per heavy atom. The van der Waals surface area contributed by atoms with Crippen molar-refractivity contribution < 1.29 is 4.42 Å². The van der Waals surface area contributed by atoms with Crippen molar-refractivity contribution >= 4 is 70.5 Å². The molecule has 0 aliphatic heterocycles. The number of anilines is 3. The Bertz CT molecular complexity index is 2470. The normalized spacial score (nSPS) is 11.6. The fraction of sp³-hybridized carbons (Fsp3) is 0. The lowest BCUT2D eigenvalue weighted by atomic mass is 10.0. The summed E-state index contributed by atoms with van der Waals surface area (Å²) in [5.41, 5.74) is 9.77. The van der Waals surface area contributed by atoms with E-state index in [1.807, 2.05) is 11.3 Å². The van der Waals surface area contributed by atoms with Crippen molar-refractivity contribution in [2.75, 3.05) is 4.90 Å². The molecular weight excluding hydrogens is 567 g/mol. The molecule has 0 saturated carbocycles. The van der Waals surface area contributed by atoms with E-state index >= 15 is 0 Å². The molecule has 0 unspecified atom stereocenters. The summed E-state index contributed by atoms with van der Waals surface area (Å²) in [6.07, 6.45) is 0. The highest BCUT2D eigenvalue weighted by atomic mass is 32.1. The van der Waals surface area contributed by atoms with Crippen molar-refractivity contribution in [3.63, 3.8) is 0 Å². The van der Waals surface area contributed by atoms with Crippen molar-refractivity contribution in [1.29, 1.82) is 0 Å². The quantitative estimate of drug-likeness (QED) is 0.197. The summed E-state index contributed by atoms with van der Waals surface area (Å²) >= 11 is 1.85. The van der Waals surface area contributed by atoms with Gasteiger partial charge in [-0.1, -0.05) is 127 Å². The molecule has 212 valence electrons. The Balaban J connectivity index is 1.32. The van der Waals surface area contributed by atoms with Gasteiger partial charge in [-0.05, 0) is 53.1 Å². The first-order chi connectivity index (χ1) is 22.3. The Morgan fingerprint density at radius 2 is 1.07 bits per heavy atom. The lowest BCUT2D eigenvalue weighted by Gasteiger charge is -2.27. The van der Waals surface area contributed by atoms with Crippen LogP contribution in [0.1, 0.15) is 0 Å². The van der Waals surface area contributed by atoms with E-state index in [2.05, 4.69) is 169 Å². The van der Waals surface area contributed by atoms with Crippen molar-refractivity contribution in [1.82, 2.24) is 0 Å². The van der Waals surface area contributed by atoms with E-state index in [1.165, 1.54) is 31.3 Å². The van der Waals surface area contributed by atoms with Crippen LogP contribution in [-0.2, 0) is 0 Å². The van der Waals surface area contributed by atoms with E-state index in [0.29, 0.717) is 0 Å². The first-order valence-electron chi connectivity index (χ1n) is 15.2. The fourth-order valence-electron chi connectivity index (χ4n) is 6.61. The molecule has 0 saturated heterocycles. The Labute approximate surface area is 265 Å². The van der Waals surface area contributed by atoms with Crippen LogP contribution in [0.4, 0.5) is 17.1 Å². The van der Waals surface area contributed by atoms with Gasteiger partial charge in [-0.3, -0.25) is 0 Å². The van der Waals surface area contributed by atoms with E-state index < -0.39 is 0 Å². The summed E-state index contributed by atoms with van der Waals surface area (Å²) < 4.78 is 9.24. The Morgan fingerprint density at radius 3 is 1.89 bits per heavy atom. The van der Waals surface area contributed by atoms with Crippen LogP contribution < -0.4 is 4.90 Å². The fourth-order valence-corrected chi connectivity index (χ4v) is 7.82. The lowest BCUT2D eigenvalue weighted by Crippen LogP contribution is -2.10. The Hall–Kier alpha value is -5.64. The highest BCUT2D eigenvalue weighted by molar-refractivity contribution is 7.26. The third kappa shape index (κ3) is 4.24. The molecule has 3 heteroatoms. The first-order valence-corrected chi connectivity index (χ1v) is 16.0. The smallest absolute Gasteiger partial charge is 0.143 e. The molecular formula is C42H27NOS. The highest BCUT2D eigenvalue weighted by Crippen LogP contribution is 2.48. The zero-order valence-corrected chi connectivity index (χ0v) is 25.2. The summed E-state index contributed by atoms with van der Waals surface area (Å²) in [6.45, 7) is 0. The number of fused-ring (bicyclic) bond motifs is 6. The maximum absolute atomic E-state index is 6.69. The van der Waals surface area contributed by atoms with Gasteiger partial charge in [-0.2, -0.15) is 0 Å². The summed E-state index contributed by atoms with van der Waals surface area (Å²) in [4.78, 5) is 2.42. The lowest BCUT2D eigenvalue weighted by molar-refractivity contribution is 0.670. The minimum absolute atomic E-state index is 0.875. The zero-order valence-electron chi connectivity index (χ0n) is 24.4. The van der Waals surface area contributed by atoms with Crippen LogP contribution in [0.2, 0.25) is 0 Å². The van der Waals surface area contributed by atoms with Crippen LogP contribution in [0.5, 0.6) is 0 Å². The van der Waals surface area contributed by atoms with Gasteiger partial charge in [0.05, 0.1) is 21.5 Å². The molecule has 0 spiro atoms. The van der Waals surface area contributed by atoms with Crippen LogP contribution in [-0.4, -0.2) is 0 Å². The molecule has 9 rings (SSSR count). The molecule has 9 aromatic rings. The van der Waals surface area contributed by atoms with Crippen LogP contribution >= 0.6 is 11.3 Å². The number of nitrogens with zero attached hydrogens (tertiary/aromatic N) is 1. The number of hydrogen-bond donors (Lipinski definition) is 0. The SMILES string of the molecule is c1ccc(-c2ccc(N(c3cccc4c3sc3ccccc34)c3cccc4oc5c(-c6ccccc6)cccc5c34)cc2)cc1. The predicted molar refractivity (Wildman–Crippen MR) is 192 cm³/mol.